The fraction of sp³-hybridized carbons (Fsp3) is 0. The zero-order chi connectivity index (χ0) is 14.2. The number of nitrogens with two attached hydrogens (primary N) is 2. The predicted octanol–water partition coefficient (Wildman–Crippen LogP) is 0.583. The van der Waals surface area contributed by atoms with Gasteiger partial charge < -0.3 is 18.1 Å². The van der Waals surface area contributed by atoms with Gasteiger partial charge in [-0.05, 0) is 30.3 Å². The molecule has 0 spiro atoms. The van der Waals surface area contributed by atoms with Crippen molar-refractivity contribution in [2.45, 2.75) is 0 Å². The van der Waals surface area contributed by atoms with Gasteiger partial charge in [-0.1, -0.05) is 30.3 Å². The quantitative estimate of drug-likeness (QED) is 0.505. The first kappa shape index (κ1) is 14.4. The first-order chi connectivity index (χ1) is 10.3. The molecule has 3 nitrogen and oxygen atoms in total. The molecule has 110 valence electrons. The van der Waals surface area contributed by atoms with Gasteiger partial charge in [0.2, 0.25) is 0 Å². The van der Waals surface area contributed by atoms with E-state index >= 15 is 0 Å². The summed E-state index contributed by atoms with van der Waals surface area (Å²) >= 11 is 0. The standard InChI is InChI=1S/C18H15N3.ClH/c19-13-10-11-18-16(12-13)20-15-8-4-5-9-17(15)21(18)14-6-2-1-3-7-14;/h1-12,20H,19H2;1H. The van der Waals surface area contributed by atoms with Crippen LogP contribution < -0.4 is 28.4 Å². The van der Waals surface area contributed by atoms with Crippen molar-refractivity contribution >= 4 is 34.1 Å². The van der Waals surface area contributed by atoms with E-state index in [2.05, 4.69) is 64.8 Å². The number of benzene rings is 3. The van der Waals surface area contributed by atoms with Gasteiger partial charge in [0, 0.05) is 23.5 Å². The second-order valence-corrected chi connectivity index (χ2v) is 5.19. The number of anilines is 4. The summed E-state index contributed by atoms with van der Waals surface area (Å²) < 4.78 is 0. The molecule has 0 radical (unpaired) electrons. The minimum Gasteiger partial charge on any atom is -1.00 e. The summed E-state index contributed by atoms with van der Waals surface area (Å²) in [6, 6.07) is 24.9. The van der Waals surface area contributed by atoms with Crippen molar-refractivity contribution in [2.24, 2.45) is 0 Å². The summed E-state index contributed by atoms with van der Waals surface area (Å²) in [5, 5.41) is 2.19. The Morgan fingerprint density at radius 3 is 2.23 bits per heavy atom. The monoisotopic (exact) mass is 309 g/mol. The molecule has 1 heterocycles. The second-order valence-electron chi connectivity index (χ2n) is 5.19. The lowest BCUT2D eigenvalue weighted by atomic mass is 10.1. The van der Waals surface area contributed by atoms with E-state index in [1.54, 1.807) is 0 Å². The number of fused-ring (bicyclic) bond motifs is 2. The molecule has 4 heteroatoms. The Morgan fingerprint density at radius 2 is 1.41 bits per heavy atom. The molecule has 1 aliphatic heterocycles. The molecule has 0 saturated carbocycles. The summed E-state index contributed by atoms with van der Waals surface area (Å²) in [6.07, 6.45) is 0. The minimum atomic E-state index is 0. The zero-order valence-corrected chi connectivity index (χ0v) is 12.7. The number of nitrogen functional groups attached to an aromatic ring is 1. The summed E-state index contributed by atoms with van der Waals surface area (Å²) in [4.78, 5) is 2.28. The van der Waals surface area contributed by atoms with Crippen LogP contribution >= 0.6 is 0 Å². The van der Waals surface area contributed by atoms with Crippen LogP contribution in [0.1, 0.15) is 0 Å². The van der Waals surface area contributed by atoms with Crippen LogP contribution in [0.2, 0.25) is 0 Å². The molecule has 3 aromatic rings. The third-order valence-corrected chi connectivity index (χ3v) is 3.80. The molecular formula is C18H16ClN3. The van der Waals surface area contributed by atoms with E-state index in [0.717, 1.165) is 22.7 Å². The number of quaternary nitrogens is 1. The molecule has 22 heavy (non-hydrogen) atoms. The van der Waals surface area contributed by atoms with E-state index in [1.807, 2.05) is 18.2 Å². The van der Waals surface area contributed by atoms with Gasteiger partial charge in [0.1, 0.15) is 11.4 Å². The molecule has 4 N–H and O–H groups in total. The van der Waals surface area contributed by atoms with Crippen LogP contribution in [0.3, 0.4) is 0 Å². The molecule has 4 rings (SSSR count). The maximum absolute atomic E-state index is 5.95. The van der Waals surface area contributed by atoms with Gasteiger partial charge in [0.25, 0.3) is 0 Å². The van der Waals surface area contributed by atoms with Gasteiger partial charge in [-0.15, -0.1) is 0 Å². The van der Waals surface area contributed by atoms with Gasteiger partial charge in [-0.25, -0.2) is 0 Å². The van der Waals surface area contributed by atoms with Crippen LogP contribution in [0.25, 0.3) is 0 Å². The fourth-order valence-electron chi connectivity index (χ4n) is 2.86. The van der Waals surface area contributed by atoms with E-state index in [9.17, 15) is 0 Å². The van der Waals surface area contributed by atoms with Crippen LogP contribution in [-0.4, -0.2) is 0 Å². The Balaban J connectivity index is 0.00000144. The van der Waals surface area contributed by atoms with E-state index in [1.165, 1.54) is 11.4 Å². The maximum atomic E-state index is 5.95. The Labute approximate surface area is 135 Å². The molecule has 0 fully saturated rings. The normalized spacial score (nSPS) is 12.1. The first-order valence-electron chi connectivity index (χ1n) is 7.01. The van der Waals surface area contributed by atoms with Crippen molar-refractivity contribution in [1.82, 2.24) is 0 Å². The predicted molar refractivity (Wildman–Crippen MR) is 86.8 cm³/mol. The van der Waals surface area contributed by atoms with Gasteiger partial charge in [-0.3, -0.25) is 10.2 Å². The highest BCUT2D eigenvalue weighted by Crippen LogP contribution is 2.43. The van der Waals surface area contributed by atoms with E-state index < -0.39 is 0 Å². The summed E-state index contributed by atoms with van der Waals surface area (Å²) in [7, 11) is 0. The Hall–Kier alpha value is -2.49. The largest absolute Gasteiger partial charge is 1.00 e. The van der Waals surface area contributed by atoms with Crippen LogP contribution in [0.5, 0.6) is 0 Å². The average molecular weight is 310 g/mol. The van der Waals surface area contributed by atoms with E-state index in [0.29, 0.717) is 0 Å². The van der Waals surface area contributed by atoms with Crippen molar-refractivity contribution in [3.63, 3.8) is 0 Å². The van der Waals surface area contributed by atoms with Crippen LogP contribution in [-0.2, 0) is 0 Å². The highest BCUT2D eigenvalue weighted by Gasteiger charge is 2.27. The molecule has 0 unspecified atom stereocenters. The minimum absolute atomic E-state index is 0. The van der Waals surface area contributed by atoms with Crippen molar-refractivity contribution in [1.29, 1.82) is 0 Å². The lowest BCUT2D eigenvalue weighted by Crippen LogP contribution is -3.00. The fourth-order valence-corrected chi connectivity index (χ4v) is 2.86. The number of hydrogen-bond donors (Lipinski definition) is 2. The number of halogens is 1. The number of rotatable bonds is 1. The van der Waals surface area contributed by atoms with Crippen LogP contribution in [0.15, 0.2) is 72.8 Å². The Kier molecular flexibility index (Phi) is 3.75. The third kappa shape index (κ3) is 2.30. The molecule has 0 aromatic heterocycles. The highest BCUT2D eigenvalue weighted by molar-refractivity contribution is 5.89. The molecule has 0 amide bonds. The highest BCUT2D eigenvalue weighted by atomic mass is 35.5. The summed E-state index contributed by atoms with van der Waals surface area (Å²) in [5.41, 5.74) is 12.6. The lowest BCUT2D eigenvalue weighted by molar-refractivity contribution is -0.478. The van der Waals surface area contributed by atoms with Gasteiger partial charge in [0.15, 0.2) is 11.4 Å². The molecule has 0 aliphatic carbocycles. The van der Waals surface area contributed by atoms with Crippen molar-refractivity contribution in [3.8, 4) is 0 Å². The molecule has 3 aromatic carbocycles. The molecular weight excluding hydrogens is 294 g/mol. The van der Waals surface area contributed by atoms with Crippen LogP contribution in [0.4, 0.5) is 34.1 Å². The van der Waals surface area contributed by atoms with Crippen molar-refractivity contribution in [3.05, 3.63) is 72.8 Å². The number of para-hydroxylation sites is 3. The molecule has 0 bridgehead atoms. The Morgan fingerprint density at radius 1 is 0.727 bits per heavy atom. The van der Waals surface area contributed by atoms with Gasteiger partial charge >= 0.3 is 0 Å². The van der Waals surface area contributed by atoms with Crippen LogP contribution in [0, 0.1) is 0 Å². The summed E-state index contributed by atoms with van der Waals surface area (Å²) in [5.74, 6) is 0. The average Bonchev–Trinajstić information content (AvgIpc) is 2.53. The van der Waals surface area contributed by atoms with E-state index in [-0.39, 0.29) is 12.4 Å². The lowest BCUT2D eigenvalue weighted by Gasteiger charge is -2.30. The summed E-state index contributed by atoms with van der Waals surface area (Å²) in [6.45, 7) is 0. The van der Waals surface area contributed by atoms with E-state index in [4.69, 9.17) is 5.73 Å². The maximum Gasteiger partial charge on any atom is 0.161 e. The first-order valence-corrected chi connectivity index (χ1v) is 7.01. The van der Waals surface area contributed by atoms with Crippen molar-refractivity contribution in [2.75, 3.05) is 10.6 Å². The molecule has 0 atom stereocenters. The molecule has 1 aliphatic rings. The Bertz CT molecular complexity index is 802. The molecule has 0 saturated heterocycles. The smallest absolute Gasteiger partial charge is 0.161 e. The second kappa shape index (κ2) is 5.72. The SMILES string of the molecule is Nc1ccc2c(c1)[NH2+]c1ccccc1N2c1ccccc1.[Cl-]. The zero-order valence-electron chi connectivity index (χ0n) is 11.9. The number of nitrogens with zero attached hydrogens (tertiary/aromatic N) is 1. The van der Waals surface area contributed by atoms with Gasteiger partial charge in [0.05, 0.1) is 0 Å². The van der Waals surface area contributed by atoms with Gasteiger partial charge in [-0.2, -0.15) is 0 Å². The topological polar surface area (TPSA) is 45.9 Å². The number of hydrogen-bond acceptors (Lipinski definition) is 2. The van der Waals surface area contributed by atoms with Crippen molar-refractivity contribution < 1.29 is 17.7 Å². The third-order valence-electron chi connectivity index (χ3n) is 3.80.